The molecule has 0 spiro atoms. The zero-order valence-corrected chi connectivity index (χ0v) is 14.6. The van der Waals surface area contributed by atoms with Crippen LogP contribution in [0.5, 0.6) is 0 Å². The Morgan fingerprint density at radius 1 is 1.38 bits per heavy atom. The number of hydrogen-bond donors (Lipinski definition) is 0. The standard InChI is InChI=1S/C14H14ClNO8S.CH4/c1-9(17)23-16-13(18)12(5-6-15)14(19)22-8-10-3-2-4-11(7-10)25(20,21)24-16;/h2-4,7,12H,5-6,8H2,1H3;1H4/t12-;/m0./s1. The van der Waals surface area contributed by atoms with Gasteiger partial charge >= 0.3 is 28.0 Å². The number of esters is 1. The van der Waals surface area contributed by atoms with Gasteiger partial charge < -0.3 is 9.57 Å². The maximum absolute atomic E-state index is 12.4. The van der Waals surface area contributed by atoms with E-state index in [1.165, 1.54) is 24.3 Å². The van der Waals surface area contributed by atoms with Gasteiger partial charge in [-0.25, -0.2) is 4.79 Å². The molecule has 0 fully saturated rings. The minimum Gasteiger partial charge on any atom is -0.460 e. The smallest absolute Gasteiger partial charge is 0.332 e. The van der Waals surface area contributed by atoms with E-state index >= 15 is 0 Å². The molecule has 0 aromatic heterocycles. The van der Waals surface area contributed by atoms with Crippen LogP contribution in [0.3, 0.4) is 0 Å². The van der Waals surface area contributed by atoms with Gasteiger partial charge in [-0.15, -0.1) is 15.9 Å². The molecule has 2 rings (SSSR count). The van der Waals surface area contributed by atoms with Gasteiger partial charge in [-0.1, -0.05) is 19.6 Å². The Morgan fingerprint density at radius 2 is 2.08 bits per heavy atom. The number of carbonyl (C=O) groups excluding carboxylic acids is 3. The van der Waals surface area contributed by atoms with Crippen LogP contribution in [0.4, 0.5) is 0 Å². The molecule has 26 heavy (non-hydrogen) atoms. The highest BCUT2D eigenvalue weighted by molar-refractivity contribution is 7.86. The summed E-state index contributed by atoms with van der Waals surface area (Å²) in [6.45, 7) is 0.686. The Balaban J connectivity index is 0.00000338. The molecule has 1 atom stereocenters. The number of hydroxylamine groups is 2. The van der Waals surface area contributed by atoms with Gasteiger partial charge in [0.05, 0.1) is 4.90 Å². The Hall–Kier alpha value is -2.17. The highest BCUT2D eigenvalue weighted by Gasteiger charge is 2.38. The van der Waals surface area contributed by atoms with Gasteiger partial charge in [-0.05, 0) is 29.3 Å². The van der Waals surface area contributed by atoms with E-state index in [9.17, 15) is 22.8 Å². The molecule has 9 nitrogen and oxygen atoms in total. The van der Waals surface area contributed by atoms with Crippen LogP contribution in [-0.2, 0) is 45.0 Å². The van der Waals surface area contributed by atoms with Crippen molar-refractivity contribution in [1.29, 1.82) is 0 Å². The summed E-state index contributed by atoms with van der Waals surface area (Å²) < 4.78 is 34.3. The van der Waals surface area contributed by atoms with Crippen LogP contribution in [0.25, 0.3) is 0 Å². The predicted molar refractivity (Wildman–Crippen MR) is 88.7 cm³/mol. The molecule has 144 valence electrons. The first-order chi connectivity index (χ1) is 11.7. The zero-order valence-electron chi connectivity index (χ0n) is 13.0. The summed E-state index contributed by atoms with van der Waals surface area (Å²) in [5.41, 5.74) is 0.371. The Labute approximate surface area is 155 Å². The van der Waals surface area contributed by atoms with Crippen molar-refractivity contribution < 1.29 is 36.7 Å². The summed E-state index contributed by atoms with van der Waals surface area (Å²) >= 11 is 5.59. The Bertz CT molecular complexity index is 795. The van der Waals surface area contributed by atoms with Crippen LogP contribution in [0.1, 0.15) is 26.3 Å². The molecule has 1 heterocycles. The average molecular weight is 408 g/mol. The zero-order chi connectivity index (χ0) is 18.6. The van der Waals surface area contributed by atoms with Crippen LogP contribution in [0, 0.1) is 5.92 Å². The summed E-state index contributed by atoms with van der Waals surface area (Å²) in [4.78, 5) is 40.0. The van der Waals surface area contributed by atoms with Crippen LogP contribution in [-0.4, -0.2) is 37.4 Å². The van der Waals surface area contributed by atoms with Crippen LogP contribution >= 0.6 is 11.6 Å². The number of cyclic esters (lactones) is 1. The van der Waals surface area contributed by atoms with E-state index in [2.05, 4.69) is 9.12 Å². The number of carbonyl (C=O) groups is 3. The monoisotopic (exact) mass is 407 g/mol. The molecule has 0 unspecified atom stereocenters. The van der Waals surface area contributed by atoms with Gasteiger partial charge in [-0.2, -0.15) is 8.42 Å². The van der Waals surface area contributed by atoms with Gasteiger partial charge in [0.1, 0.15) is 12.5 Å². The molecule has 0 N–H and O–H groups in total. The summed E-state index contributed by atoms with van der Waals surface area (Å²) in [5.74, 6) is -4.79. The SMILES string of the molecule is C.CC(=O)ON1OS(=O)(=O)c2cccc(c2)COC(=O)[C@@H](CCCl)C1=O. The molecule has 0 saturated carbocycles. The molecule has 0 saturated heterocycles. The number of ether oxygens (including phenoxy) is 1. The lowest BCUT2D eigenvalue weighted by Crippen LogP contribution is -2.42. The van der Waals surface area contributed by atoms with Crippen LogP contribution in [0.15, 0.2) is 29.2 Å². The van der Waals surface area contributed by atoms with Crippen LogP contribution in [0.2, 0.25) is 0 Å². The first kappa shape index (κ1) is 21.9. The molecule has 1 amide bonds. The maximum atomic E-state index is 12.4. The fourth-order valence-electron chi connectivity index (χ4n) is 1.97. The lowest BCUT2D eigenvalue weighted by atomic mass is 10.1. The third kappa shape index (κ3) is 5.16. The fraction of sp³-hybridized carbons (Fsp3) is 0.400. The van der Waals surface area contributed by atoms with E-state index in [-0.39, 0.29) is 36.5 Å². The van der Waals surface area contributed by atoms with Crippen molar-refractivity contribution in [2.75, 3.05) is 5.88 Å². The molecule has 11 heteroatoms. The van der Waals surface area contributed by atoms with Crippen molar-refractivity contribution in [1.82, 2.24) is 5.23 Å². The number of fused-ring (bicyclic) bond motifs is 2. The highest BCUT2D eigenvalue weighted by atomic mass is 35.5. The van der Waals surface area contributed by atoms with Crippen LogP contribution < -0.4 is 0 Å². The van der Waals surface area contributed by atoms with E-state index in [1.807, 2.05) is 0 Å². The maximum Gasteiger partial charge on any atom is 0.332 e. The molecule has 0 radical (unpaired) electrons. The molecule has 1 aromatic rings. The first-order valence-corrected chi connectivity index (χ1v) is 8.97. The quantitative estimate of drug-likeness (QED) is 0.421. The second kappa shape index (κ2) is 8.97. The van der Waals surface area contributed by atoms with Crippen molar-refractivity contribution in [3.8, 4) is 0 Å². The molecule has 1 aliphatic heterocycles. The summed E-state index contributed by atoms with van der Waals surface area (Å²) in [6.07, 6.45) is -0.169. The van der Waals surface area contributed by atoms with Crippen molar-refractivity contribution in [3.63, 3.8) is 0 Å². The van der Waals surface area contributed by atoms with E-state index in [0.29, 0.717) is 5.56 Å². The molecule has 2 bridgehead atoms. The third-order valence-electron chi connectivity index (χ3n) is 3.11. The third-order valence-corrected chi connectivity index (χ3v) is 4.49. The molecular weight excluding hydrogens is 390 g/mol. The lowest BCUT2D eigenvalue weighted by molar-refractivity contribution is -0.280. The van der Waals surface area contributed by atoms with Gasteiger partial charge in [0, 0.05) is 12.8 Å². The minimum atomic E-state index is -4.49. The highest BCUT2D eigenvalue weighted by Crippen LogP contribution is 2.22. The minimum absolute atomic E-state index is 0. The summed E-state index contributed by atoms with van der Waals surface area (Å²) in [6, 6.07) is 5.37. The normalized spacial score (nSPS) is 19.6. The number of alkyl halides is 1. The van der Waals surface area contributed by atoms with Gasteiger partial charge in [-0.3, -0.25) is 9.59 Å². The van der Waals surface area contributed by atoms with Gasteiger partial charge in [0.25, 0.3) is 0 Å². The van der Waals surface area contributed by atoms with E-state index < -0.39 is 33.9 Å². The second-order valence-electron chi connectivity index (χ2n) is 4.99. The van der Waals surface area contributed by atoms with E-state index in [0.717, 1.165) is 6.92 Å². The van der Waals surface area contributed by atoms with E-state index in [1.54, 1.807) is 0 Å². The first-order valence-electron chi connectivity index (χ1n) is 7.03. The van der Waals surface area contributed by atoms with Crippen molar-refractivity contribution in [2.24, 2.45) is 5.92 Å². The topological polar surface area (TPSA) is 116 Å². The molecular formula is C15H18ClNO8S. The Morgan fingerprint density at radius 3 is 2.69 bits per heavy atom. The lowest BCUT2D eigenvalue weighted by Gasteiger charge is -2.21. The molecule has 0 aliphatic carbocycles. The summed E-state index contributed by atoms with van der Waals surface area (Å²) in [7, 11) is -4.49. The number of amides is 1. The van der Waals surface area contributed by atoms with Crippen molar-refractivity contribution in [3.05, 3.63) is 29.8 Å². The number of benzene rings is 1. The average Bonchev–Trinajstić information content (AvgIpc) is 2.56. The number of hydrogen-bond acceptors (Lipinski definition) is 8. The van der Waals surface area contributed by atoms with E-state index in [4.69, 9.17) is 16.3 Å². The Kier molecular flexibility index (Phi) is 7.54. The second-order valence-corrected chi connectivity index (χ2v) is 6.90. The number of nitrogens with zero attached hydrogens (tertiary/aromatic N) is 1. The summed E-state index contributed by atoms with van der Waals surface area (Å²) in [5, 5.41) is -0.131. The molecule has 1 aliphatic rings. The fourth-order valence-corrected chi connectivity index (χ4v) is 3.10. The largest absolute Gasteiger partial charge is 0.460 e. The number of rotatable bonds is 3. The van der Waals surface area contributed by atoms with Gasteiger partial charge in [0.2, 0.25) is 0 Å². The predicted octanol–water partition coefficient (Wildman–Crippen LogP) is 1.55. The van der Waals surface area contributed by atoms with Crippen molar-refractivity contribution in [2.45, 2.75) is 32.3 Å². The number of halogens is 1. The van der Waals surface area contributed by atoms with Gasteiger partial charge in [0.15, 0.2) is 0 Å². The molecule has 1 aromatic carbocycles. The van der Waals surface area contributed by atoms with Crippen molar-refractivity contribution >= 4 is 39.6 Å².